The van der Waals surface area contributed by atoms with Gasteiger partial charge in [0.05, 0.1) is 18.8 Å². The molecule has 3 heteroatoms. The molecule has 0 bridgehead atoms. The zero-order chi connectivity index (χ0) is 21.4. The molecule has 31 heavy (non-hydrogen) atoms. The van der Waals surface area contributed by atoms with Crippen LogP contribution in [0.15, 0.2) is 72.8 Å². The highest BCUT2D eigenvalue weighted by Gasteiger charge is 2.39. The summed E-state index contributed by atoms with van der Waals surface area (Å²) in [5, 5.41) is 3.82. The summed E-state index contributed by atoms with van der Waals surface area (Å²) < 4.78 is 11.7. The topological polar surface area (TPSA) is 30.5 Å². The number of nitrogens with one attached hydrogen (secondary N) is 1. The van der Waals surface area contributed by atoms with Crippen molar-refractivity contribution in [3.8, 4) is 11.5 Å². The van der Waals surface area contributed by atoms with Crippen LogP contribution in [0.3, 0.4) is 0 Å². The largest absolute Gasteiger partial charge is 0.495 e. The van der Waals surface area contributed by atoms with Gasteiger partial charge < -0.3 is 14.8 Å². The minimum absolute atomic E-state index is 0.245. The molecule has 3 aromatic carbocycles. The predicted octanol–water partition coefficient (Wildman–Crippen LogP) is 6.72. The lowest BCUT2D eigenvalue weighted by Gasteiger charge is -2.39. The molecule has 0 aromatic heterocycles. The van der Waals surface area contributed by atoms with Crippen molar-refractivity contribution in [3.05, 3.63) is 101 Å². The van der Waals surface area contributed by atoms with Gasteiger partial charge in [-0.3, -0.25) is 0 Å². The second kappa shape index (κ2) is 8.14. The summed E-state index contributed by atoms with van der Waals surface area (Å²) in [6, 6.07) is 21.5. The van der Waals surface area contributed by atoms with Gasteiger partial charge in [-0.15, -0.1) is 0 Å². The van der Waals surface area contributed by atoms with Crippen molar-refractivity contribution in [3.63, 3.8) is 0 Å². The highest BCUT2D eigenvalue weighted by atomic mass is 16.5. The summed E-state index contributed by atoms with van der Waals surface area (Å²) in [6.45, 7) is 4.88. The van der Waals surface area contributed by atoms with Gasteiger partial charge in [0, 0.05) is 5.92 Å². The van der Waals surface area contributed by atoms with Crippen molar-refractivity contribution < 1.29 is 9.47 Å². The Labute approximate surface area is 184 Å². The Morgan fingerprint density at radius 2 is 1.71 bits per heavy atom. The second-order valence-electron chi connectivity index (χ2n) is 8.69. The first-order chi connectivity index (χ1) is 15.1. The Balaban J connectivity index is 1.38. The van der Waals surface area contributed by atoms with E-state index >= 15 is 0 Å². The van der Waals surface area contributed by atoms with Crippen molar-refractivity contribution in [2.75, 3.05) is 12.4 Å². The van der Waals surface area contributed by atoms with Crippen LogP contribution in [-0.4, -0.2) is 7.11 Å². The number of benzene rings is 3. The molecule has 0 radical (unpaired) electrons. The molecule has 3 aromatic rings. The highest BCUT2D eigenvalue weighted by molar-refractivity contribution is 5.69. The third-order valence-corrected chi connectivity index (χ3v) is 6.68. The molecule has 0 unspecified atom stereocenters. The standard InChI is InChI=1S/C28H29NO2/c1-18-7-10-20(11-8-18)17-31-22-14-12-21(13-15-22)27-24-6-4-5-23(24)26-19(2)9-16-25(30-3)28(26)29-27/h4-5,7-16,23-24,27,29H,6,17H2,1-3H3/t23-,24+,27+/m1/s1. The van der Waals surface area contributed by atoms with Crippen LogP contribution in [0.4, 0.5) is 5.69 Å². The monoisotopic (exact) mass is 411 g/mol. The molecular weight excluding hydrogens is 382 g/mol. The van der Waals surface area contributed by atoms with Gasteiger partial charge >= 0.3 is 0 Å². The predicted molar refractivity (Wildman–Crippen MR) is 126 cm³/mol. The molecule has 0 saturated carbocycles. The summed E-state index contributed by atoms with van der Waals surface area (Å²) in [6.07, 6.45) is 5.80. The fourth-order valence-corrected chi connectivity index (χ4v) is 4.99. The van der Waals surface area contributed by atoms with E-state index in [-0.39, 0.29) is 6.04 Å². The molecule has 0 amide bonds. The van der Waals surface area contributed by atoms with Crippen LogP contribution in [0, 0.1) is 19.8 Å². The van der Waals surface area contributed by atoms with E-state index in [0.29, 0.717) is 18.4 Å². The maximum absolute atomic E-state index is 6.02. The van der Waals surface area contributed by atoms with Crippen LogP contribution < -0.4 is 14.8 Å². The molecule has 3 atom stereocenters. The number of hydrogen-bond donors (Lipinski definition) is 1. The van der Waals surface area contributed by atoms with E-state index in [9.17, 15) is 0 Å². The zero-order valence-corrected chi connectivity index (χ0v) is 18.4. The van der Waals surface area contributed by atoms with Crippen molar-refractivity contribution >= 4 is 5.69 Å². The lowest BCUT2D eigenvalue weighted by atomic mass is 9.75. The van der Waals surface area contributed by atoms with Gasteiger partial charge in [0.15, 0.2) is 0 Å². The van der Waals surface area contributed by atoms with Crippen molar-refractivity contribution in [1.82, 2.24) is 0 Å². The fraction of sp³-hybridized carbons (Fsp3) is 0.286. The molecule has 3 nitrogen and oxygen atoms in total. The first-order valence-electron chi connectivity index (χ1n) is 11.0. The Hall–Kier alpha value is -3.20. The molecule has 0 spiro atoms. The van der Waals surface area contributed by atoms with E-state index in [0.717, 1.165) is 23.6 Å². The van der Waals surface area contributed by atoms with Crippen LogP contribution in [0.2, 0.25) is 0 Å². The molecule has 1 aliphatic heterocycles. The Kier molecular flexibility index (Phi) is 5.19. The number of allylic oxidation sites excluding steroid dienone is 2. The van der Waals surface area contributed by atoms with Crippen molar-refractivity contribution in [2.24, 2.45) is 5.92 Å². The number of anilines is 1. The molecule has 1 aliphatic carbocycles. The molecule has 2 aliphatic rings. The van der Waals surface area contributed by atoms with Gasteiger partial charge in [-0.25, -0.2) is 0 Å². The van der Waals surface area contributed by atoms with Crippen molar-refractivity contribution in [2.45, 2.75) is 38.8 Å². The van der Waals surface area contributed by atoms with Crippen LogP contribution in [0.5, 0.6) is 11.5 Å². The number of aryl methyl sites for hydroxylation is 2. The van der Waals surface area contributed by atoms with E-state index < -0.39 is 0 Å². The lowest BCUT2D eigenvalue weighted by Crippen LogP contribution is -2.30. The Morgan fingerprint density at radius 3 is 2.45 bits per heavy atom. The maximum atomic E-state index is 6.02. The number of methoxy groups -OCH3 is 1. The molecule has 158 valence electrons. The van der Waals surface area contributed by atoms with Crippen LogP contribution in [0.25, 0.3) is 0 Å². The summed E-state index contributed by atoms with van der Waals surface area (Å²) >= 11 is 0. The van der Waals surface area contributed by atoms with E-state index in [2.05, 4.69) is 92.0 Å². The van der Waals surface area contributed by atoms with E-state index in [1.807, 2.05) is 0 Å². The minimum atomic E-state index is 0.245. The number of ether oxygens (including phenoxy) is 2. The maximum Gasteiger partial charge on any atom is 0.142 e. The SMILES string of the molecule is COc1ccc(C)c2c1N[C@@H](c1ccc(OCc3ccc(C)cc3)cc1)[C@H]1CC=C[C@@H]21. The molecule has 1 heterocycles. The van der Waals surface area contributed by atoms with Crippen LogP contribution in [0.1, 0.15) is 46.2 Å². The number of rotatable bonds is 5. The van der Waals surface area contributed by atoms with Crippen molar-refractivity contribution in [1.29, 1.82) is 0 Å². The second-order valence-corrected chi connectivity index (χ2v) is 8.69. The summed E-state index contributed by atoms with van der Waals surface area (Å²) in [7, 11) is 1.75. The van der Waals surface area contributed by atoms with Gasteiger partial charge in [0.25, 0.3) is 0 Å². The number of fused-ring (bicyclic) bond motifs is 3. The normalized spacial score (nSPS) is 21.2. The molecule has 0 fully saturated rings. The smallest absolute Gasteiger partial charge is 0.142 e. The highest BCUT2D eigenvalue weighted by Crippen LogP contribution is 2.53. The summed E-state index contributed by atoms with van der Waals surface area (Å²) in [5.41, 5.74) is 7.58. The third-order valence-electron chi connectivity index (χ3n) is 6.68. The van der Waals surface area contributed by atoms with E-state index in [4.69, 9.17) is 9.47 Å². The fourth-order valence-electron chi connectivity index (χ4n) is 4.99. The Morgan fingerprint density at radius 1 is 0.935 bits per heavy atom. The minimum Gasteiger partial charge on any atom is -0.495 e. The first kappa shape index (κ1) is 19.7. The van der Waals surface area contributed by atoms with E-state index in [1.54, 1.807) is 7.11 Å². The first-order valence-corrected chi connectivity index (χ1v) is 11.0. The summed E-state index contributed by atoms with van der Waals surface area (Å²) in [4.78, 5) is 0. The van der Waals surface area contributed by atoms with E-state index in [1.165, 1.54) is 27.8 Å². The quantitative estimate of drug-likeness (QED) is 0.473. The molecule has 5 rings (SSSR count). The summed E-state index contributed by atoms with van der Waals surface area (Å²) in [5.74, 6) is 2.75. The Bertz CT molecular complexity index is 1100. The average molecular weight is 412 g/mol. The molecular formula is C28H29NO2. The van der Waals surface area contributed by atoms with Crippen LogP contribution >= 0.6 is 0 Å². The van der Waals surface area contributed by atoms with Gasteiger partial charge in [0.2, 0.25) is 0 Å². The van der Waals surface area contributed by atoms with Gasteiger partial charge in [-0.2, -0.15) is 0 Å². The number of hydrogen-bond acceptors (Lipinski definition) is 3. The molecule has 1 N–H and O–H groups in total. The van der Waals surface area contributed by atoms with Gasteiger partial charge in [-0.05, 0) is 66.6 Å². The lowest BCUT2D eigenvalue weighted by molar-refractivity contribution is 0.306. The third kappa shape index (κ3) is 3.69. The van der Waals surface area contributed by atoms with Crippen LogP contribution in [-0.2, 0) is 6.61 Å². The van der Waals surface area contributed by atoms with Gasteiger partial charge in [0.1, 0.15) is 18.1 Å². The van der Waals surface area contributed by atoms with Gasteiger partial charge in [-0.1, -0.05) is 60.2 Å². The molecule has 0 saturated heterocycles. The average Bonchev–Trinajstić information content (AvgIpc) is 3.29. The zero-order valence-electron chi connectivity index (χ0n) is 18.4.